The first-order valence-electron chi connectivity index (χ1n) is 7.94. The topological polar surface area (TPSA) is 58.4 Å². The standard InChI is InChI=1S/C17H27N3O.2ClH/c1-14-7-10-20(11-8-14)12-9-19-17(21)16(18)13-15-5-3-2-4-6-15;;/h2-6,14,16H,7-13,18H2,1H3,(H,19,21);2*1H. The Balaban J connectivity index is 0.00000242. The molecule has 1 heterocycles. The lowest BCUT2D eigenvalue weighted by molar-refractivity contribution is -0.122. The Bertz CT molecular complexity index is 437. The van der Waals surface area contributed by atoms with E-state index in [1.807, 2.05) is 30.3 Å². The van der Waals surface area contributed by atoms with Crippen molar-refractivity contribution < 1.29 is 4.79 Å². The third kappa shape index (κ3) is 8.02. The zero-order chi connectivity index (χ0) is 15.1. The zero-order valence-electron chi connectivity index (χ0n) is 13.7. The maximum absolute atomic E-state index is 12.0. The highest BCUT2D eigenvalue weighted by molar-refractivity contribution is 5.85. The van der Waals surface area contributed by atoms with Gasteiger partial charge in [-0.05, 0) is 43.8 Å². The minimum Gasteiger partial charge on any atom is -0.353 e. The van der Waals surface area contributed by atoms with Gasteiger partial charge in [-0.3, -0.25) is 4.79 Å². The van der Waals surface area contributed by atoms with Gasteiger partial charge in [-0.15, -0.1) is 24.8 Å². The van der Waals surface area contributed by atoms with Gasteiger partial charge in [0.2, 0.25) is 5.91 Å². The van der Waals surface area contributed by atoms with E-state index in [0.29, 0.717) is 13.0 Å². The van der Waals surface area contributed by atoms with Crippen LogP contribution in [0, 0.1) is 5.92 Å². The van der Waals surface area contributed by atoms with E-state index in [4.69, 9.17) is 5.73 Å². The molecule has 1 atom stereocenters. The Labute approximate surface area is 152 Å². The van der Waals surface area contributed by atoms with E-state index in [0.717, 1.165) is 31.1 Å². The van der Waals surface area contributed by atoms with Gasteiger partial charge in [0.1, 0.15) is 0 Å². The Morgan fingerprint density at radius 2 is 1.87 bits per heavy atom. The molecule has 132 valence electrons. The van der Waals surface area contributed by atoms with Crippen LogP contribution in [0.25, 0.3) is 0 Å². The lowest BCUT2D eigenvalue weighted by Crippen LogP contribution is -2.45. The van der Waals surface area contributed by atoms with Crippen molar-refractivity contribution in [2.75, 3.05) is 26.2 Å². The van der Waals surface area contributed by atoms with Crippen LogP contribution < -0.4 is 11.1 Å². The molecule has 0 radical (unpaired) electrons. The highest BCUT2D eigenvalue weighted by atomic mass is 35.5. The molecule has 1 aliphatic rings. The Morgan fingerprint density at radius 1 is 1.26 bits per heavy atom. The fourth-order valence-electron chi connectivity index (χ4n) is 2.71. The quantitative estimate of drug-likeness (QED) is 0.816. The number of carbonyl (C=O) groups is 1. The molecule has 1 unspecified atom stereocenters. The van der Waals surface area contributed by atoms with Gasteiger partial charge in [0.25, 0.3) is 0 Å². The van der Waals surface area contributed by atoms with E-state index in [1.165, 1.54) is 12.8 Å². The second-order valence-corrected chi connectivity index (χ2v) is 6.11. The molecule has 0 aromatic heterocycles. The van der Waals surface area contributed by atoms with Gasteiger partial charge in [0.15, 0.2) is 0 Å². The fraction of sp³-hybridized carbons (Fsp3) is 0.588. The van der Waals surface area contributed by atoms with Crippen LogP contribution in [0.5, 0.6) is 0 Å². The number of nitrogens with one attached hydrogen (secondary N) is 1. The van der Waals surface area contributed by atoms with Gasteiger partial charge in [0, 0.05) is 13.1 Å². The maximum Gasteiger partial charge on any atom is 0.237 e. The molecule has 0 saturated carbocycles. The SMILES string of the molecule is CC1CCN(CCNC(=O)C(N)Cc2ccccc2)CC1.Cl.Cl. The Hall–Kier alpha value is -0.810. The number of piperidine rings is 1. The number of benzene rings is 1. The number of hydrogen-bond donors (Lipinski definition) is 2. The monoisotopic (exact) mass is 361 g/mol. The summed E-state index contributed by atoms with van der Waals surface area (Å²) in [7, 11) is 0. The maximum atomic E-state index is 12.0. The summed E-state index contributed by atoms with van der Waals surface area (Å²) in [5.74, 6) is 0.791. The minimum absolute atomic E-state index is 0. The summed E-state index contributed by atoms with van der Waals surface area (Å²) in [6.07, 6.45) is 3.12. The molecule has 1 aromatic rings. The van der Waals surface area contributed by atoms with Crippen LogP contribution in [-0.4, -0.2) is 43.0 Å². The molecule has 4 nitrogen and oxygen atoms in total. The van der Waals surface area contributed by atoms with Crippen LogP contribution in [0.15, 0.2) is 30.3 Å². The van der Waals surface area contributed by atoms with Crippen LogP contribution >= 0.6 is 24.8 Å². The summed E-state index contributed by atoms with van der Waals surface area (Å²) in [4.78, 5) is 14.4. The first kappa shape index (κ1) is 22.2. The van der Waals surface area contributed by atoms with Crippen molar-refractivity contribution in [2.24, 2.45) is 11.7 Å². The molecular formula is C17H29Cl2N3O. The second kappa shape index (κ2) is 11.7. The first-order valence-corrected chi connectivity index (χ1v) is 7.94. The summed E-state index contributed by atoms with van der Waals surface area (Å²) in [6.45, 7) is 6.22. The number of carbonyl (C=O) groups excluding carboxylic acids is 1. The molecule has 2 rings (SSSR count). The molecule has 23 heavy (non-hydrogen) atoms. The predicted octanol–water partition coefficient (Wildman–Crippen LogP) is 2.25. The smallest absolute Gasteiger partial charge is 0.237 e. The van der Waals surface area contributed by atoms with Crippen LogP contribution in [0.4, 0.5) is 0 Å². The van der Waals surface area contributed by atoms with E-state index in [1.54, 1.807) is 0 Å². The lowest BCUT2D eigenvalue weighted by atomic mass is 9.99. The number of halogens is 2. The van der Waals surface area contributed by atoms with Crippen molar-refractivity contribution in [3.05, 3.63) is 35.9 Å². The molecule has 0 bridgehead atoms. The summed E-state index contributed by atoms with van der Waals surface area (Å²) >= 11 is 0. The summed E-state index contributed by atoms with van der Waals surface area (Å²) in [5, 5.41) is 2.96. The molecular weight excluding hydrogens is 333 g/mol. The Morgan fingerprint density at radius 3 is 2.48 bits per heavy atom. The van der Waals surface area contributed by atoms with Gasteiger partial charge in [-0.2, -0.15) is 0 Å². The zero-order valence-corrected chi connectivity index (χ0v) is 15.4. The predicted molar refractivity (Wildman–Crippen MR) is 100 cm³/mol. The van der Waals surface area contributed by atoms with Crippen LogP contribution in [0.1, 0.15) is 25.3 Å². The highest BCUT2D eigenvalue weighted by Crippen LogP contribution is 2.15. The average molecular weight is 362 g/mol. The van der Waals surface area contributed by atoms with Gasteiger partial charge >= 0.3 is 0 Å². The molecule has 0 spiro atoms. The van der Waals surface area contributed by atoms with Crippen molar-refractivity contribution in [1.29, 1.82) is 0 Å². The van der Waals surface area contributed by atoms with E-state index in [2.05, 4.69) is 17.1 Å². The van der Waals surface area contributed by atoms with E-state index >= 15 is 0 Å². The number of rotatable bonds is 6. The van der Waals surface area contributed by atoms with Crippen molar-refractivity contribution in [1.82, 2.24) is 10.2 Å². The highest BCUT2D eigenvalue weighted by Gasteiger charge is 2.17. The normalized spacial score (nSPS) is 16.8. The average Bonchev–Trinajstić information content (AvgIpc) is 2.50. The van der Waals surface area contributed by atoms with Crippen LogP contribution in [0.3, 0.4) is 0 Å². The third-order valence-corrected chi connectivity index (χ3v) is 4.24. The van der Waals surface area contributed by atoms with Crippen LogP contribution in [-0.2, 0) is 11.2 Å². The van der Waals surface area contributed by atoms with Crippen LogP contribution in [0.2, 0.25) is 0 Å². The molecule has 0 aliphatic carbocycles. The van der Waals surface area contributed by atoms with E-state index < -0.39 is 6.04 Å². The second-order valence-electron chi connectivity index (χ2n) is 6.11. The number of amides is 1. The Kier molecular flexibility index (Phi) is 11.3. The molecule has 1 saturated heterocycles. The fourth-order valence-corrected chi connectivity index (χ4v) is 2.71. The van der Waals surface area contributed by atoms with Gasteiger partial charge in [-0.25, -0.2) is 0 Å². The molecule has 1 aromatic carbocycles. The summed E-state index contributed by atoms with van der Waals surface area (Å²) in [6, 6.07) is 9.45. The van der Waals surface area contributed by atoms with Crippen molar-refractivity contribution in [3.8, 4) is 0 Å². The van der Waals surface area contributed by atoms with E-state index in [9.17, 15) is 4.79 Å². The molecule has 1 fully saturated rings. The molecule has 6 heteroatoms. The van der Waals surface area contributed by atoms with Crippen molar-refractivity contribution in [3.63, 3.8) is 0 Å². The summed E-state index contributed by atoms with van der Waals surface area (Å²) < 4.78 is 0. The largest absolute Gasteiger partial charge is 0.353 e. The lowest BCUT2D eigenvalue weighted by Gasteiger charge is -2.30. The molecule has 3 N–H and O–H groups in total. The summed E-state index contributed by atoms with van der Waals surface area (Å²) in [5.41, 5.74) is 7.06. The van der Waals surface area contributed by atoms with Crippen molar-refractivity contribution in [2.45, 2.75) is 32.2 Å². The van der Waals surface area contributed by atoms with Gasteiger partial charge < -0.3 is 16.0 Å². The third-order valence-electron chi connectivity index (χ3n) is 4.24. The number of nitrogens with two attached hydrogens (primary N) is 1. The molecule has 1 amide bonds. The first-order chi connectivity index (χ1) is 10.1. The minimum atomic E-state index is -0.464. The molecule has 1 aliphatic heterocycles. The van der Waals surface area contributed by atoms with Gasteiger partial charge in [0.05, 0.1) is 6.04 Å². The number of nitrogens with zero attached hydrogens (tertiary/aromatic N) is 1. The van der Waals surface area contributed by atoms with E-state index in [-0.39, 0.29) is 30.7 Å². The number of likely N-dealkylation sites (tertiary alicyclic amines) is 1. The van der Waals surface area contributed by atoms with Gasteiger partial charge in [-0.1, -0.05) is 37.3 Å². The number of hydrogen-bond acceptors (Lipinski definition) is 3. The van der Waals surface area contributed by atoms with Crippen molar-refractivity contribution >= 4 is 30.7 Å².